The first kappa shape index (κ1) is 20.5. The van der Waals surface area contributed by atoms with Crippen LogP contribution in [-0.4, -0.2) is 52.0 Å². The van der Waals surface area contributed by atoms with Crippen LogP contribution in [-0.2, 0) is 0 Å². The number of piperidine rings is 1. The Bertz CT molecular complexity index is 904. The molecule has 1 aromatic carbocycles. The van der Waals surface area contributed by atoms with E-state index in [0.29, 0.717) is 11.9 Å². The molecular weight excluding hydrogens is 378 g/mol. The first-order valence-electron chi connectivity index (χ1n) is 10.8. The summed E-state index contributed by atoms with van der Waals surface area (Å²) < 4.78 is 2.26. The molecule has 2 aliphatic heterocycles. The zero-order valence-corrected chi connectivity index (χ0v) is 17.5. The molecule has 1 fully saturated rings. The Hall–Kier alpha value is -2.80. The van der Waals surface area contributed by atoms with E-state index < -0.39 is 5.91 Å². The highest BCUT2D eigenvalue weighted by molar-refractivity contribution is 5.92. The highest BCUT2D eigenvalue weighted by Crippen LogP contribution is 2.34. The molecule has 0 bridgehead atoms. The maximum atomic E-state index is 11.4. The van der Waals surface area contributed by atoms with Gasteiger partial charge < -0.3 is 4.90 Å². The lowest BCUT2D eigenvalue weighted by molar-refractivity contribution is -0.396. The fourth-order valence-electron chi connectivity index (χ4n) is 4.67. The molecule has 158 valence electrons. The standard InChI is InChI=1S/C23H29N5O2/c1-27-16-18(20-8-4-5-9-21(20)27)7-3-2-6-17-10-12-28(13-11-17)23-24-14-19(15-25-23)22(29)26-30/h4-5,8-9,14-18H,2-3,6-7,10-13H2,1H3,(H-,26,29,30)/p+1. The second-order valence-corrected chi connectivity index (χ2v) is 8.35. The fraction of sp³-hybridized carbons (Fsp3) is 0.478. The number of carbonyl (C=O) groups excluding carboxylic acids is 1. The van der Waals surface area contributed by atoms with Crippen molar-refractivity contribution in [3.05, 3.63) is 47.8 Å². The summed E-state index contributed by atoms with van der Waals surface area (Å²) in [5.41, 5.74) is 4.67. The molecule has 2 N–H and O–H groups in total. The van der Waals surface area contributed by atoms with Crippen molar-refractivity contribution < 1.29 is 14.6 Å². The van der Waals surface area contributed by atoms with Gasteiger partial charge in [0.1, 0.15) is 7.05 Å². The van der Waals surface area contributed by atoms with Crippen LogP contribution in [0.2, 0.25) is 0 Å². The van der Waals surface area contributed by atoms with Gasteiger partial charge in [0.2, 0.25) is 11.6 Å². The molecule has 7 heteroatoms. The zero-order valence-electron chi connectivity index (χ0n) is 17.5. The highest BCUT2D eigenvalue weighted by atomic mass is 16.5. The first-order valence-corrected chi connectivity index (χ1v) is 10.8. The van der Waals surface area contributed by atoms with Crippen molar-refractivity contribution in [1.29, 1.82) is 0 Å². The van der Waals surface area contributed by atoms with Crippen molar-refractivity contribution >= 4 is 23.8 Å². The molecule has 1 atom stereocenters. The minimum atomic E-state index is -0.592. The van der Waals surface area contributed by atoms with E-state index in [4.69, 9.17) is 5.21 Å². The van der Waals surface area contributed by atoms with Crippen LogP contribution < -0.4 is 10.4 Å². The summed E-state index contributed by atoms with van der Waals surface area (Å²) in [4.78, 5) is 22.1. The van der Waals surface area contributed by atoms with Crippen molar-refractivity contribution in [1.82, 2.24) is 15.4 Å². The lowest BCUT2D eigenvalue weighted by Gasteiger charge is -2.32. The predicted molar refractivity (Wildman–Crippen MR) is 116 cm³/mol. The molecule has 0 radical (unpaired) electrons. The number of hydrogen-bond acceptors (Lipinski definition) is 5. The molecule has 3 heterocycles. The average molecular weight is 409 g/mol. The monoisotopic (exact) mass is 408 g/mol. The van der Waals surface area contributed by atoms with E-state index >= 15 is 0 Å². The van der Waals surface area contributed by atoms with E-state index in [1.807, 2.05) is 0 Å². The number of carbonyl (C=O) groups is 1. The zero-order chi connectivity index (χ0) is 20.9. The number of nitrogens with one attached hydrogen (secondary N) is 1. The summed E-state index contributed by atoms with van der Waals surface area (Å²) in [5, 5.41) is 8.67. The third kappa shape index (κ3) is 4.51. The Morgan fingerprint density at radius 3 is 2.60 bits per heavy atom. The molecule has 2 aliphatic rings. The van der Waals surface area contributed by atoms with Gasteiger partial charge in [-0.15, -0.1) is 0 Å². The largest absolute Gasteiger partial charge is 0.341 e. The number of nitrogens with zero attached hydrogens (tertiary/aromatic N) is 4. The number of benzene rings is 1. The minimum absolute atomic E-state index is 0.254. The molecule has 0 aliphatic carbocycles. The second-order valence-electron chi connectivity index (χ2n) is 8.35. The predicted octanol–water partition coefficient (Wildman–Crippen LogP) is 3.51. The van der Waals surface area contributed by atoms with Crippen LogP contribution >= 0.6 is 0 Å². The van der Waals surface area contributed by atoms with Gasteiger partial charge in [-0.25, -0.2) is 20.0 Å². The number of anilines is 1. The summed E-state index contributed by atoms with van der Waals surface area (Å²) in [5.74, 6) is 1.39. The molecule has 1 aromatic heterocycles. The van der Waals surface area contributed by atoms with Gasteiger partial charge >= 0.3 is 0 Å². The lowest BCUT2D eigenvalue weighted by atomic mass is 9.89. The topological polar surface area (TPSA) is 81.4 Å². The van der Waals surface area contributed by atoms with Crippen LogP contribution in [0.5, 0.6) is 0 Å². The van der Waals surface area contributed by atoms with Crippen LogP contribution in [0.3, 0.4) is 0 Å². The molecule has 2 aromatic rings. The molecule has 0 spiro atoms. The Kier molecular flexibility index (Phi) is 6.38. The SMILES string of the molecule is C[N+]1=CC(CCCCC2CCN(c3ncc(C(=O)NO)cn3)CC2)c2ccccc21. The van der Waals surface area contributed by atoms with Gasteiger partial charge in [0.05, 0.1) is 11.5 Å². The number of rotatable bonds is 7. The van der Waals surface area contributed by atoms with Crippen molar-refractivity contribution in [2.75, 3.05) is 25.0 Å². The minimum Gasteiger partial charge on any atom is -0.341 e. The third-order valence-electron chi connectivity index (χ3n) is 6.40. The average Bonchev–Trinajstić information content (AvgIpc) is 3.12. The van der Waals surface area contributed by atoms with Gasteiger partial charge in [-0.3, -0.25) is 10.0 Å². The van der Waals surface area contributed by atoms with E-state index in [-0.39, 0.29) is 5.56 Å². The van der Waals surface area contributed by atoms with Gasteiger partial charge in [-0.1, -0.05) is 37.5 Å². The van der Waals surface area contributed by atoms with E-state index in [0.717, 1.165) is 31.8 Å². The molecule has 30 heavy (non-hydrogen) atoms. The molecule has 1 amide bonds. The number of hydroxylamine groups is 1. The summed E-state index contributed by atoms with van der Waals surface area (Å²) in [6.45, 7) is 1.90. The summed E-state index contributed by atoms with van der Waals surface area (Å²) in [7, 11) is 2.14. The van der Waals surface area contributed by atoms with Crippen LogP contribution in [0.15, 0.2) is 36.7 Å². The Morgan fingerprint density at radius 1 is 1.17 bits per heavy atom. The van der Waals surface area contributed by atoms with Gasteiger partial charge in [0, 0.05) is 37.1 Å². The van der Waals surface area contributed by atoms with Crippen molar-refractivity contribution in [2.45, 2.75) is 44.4 Å². The number of amides is 1. The lowest BCUT2D eigenvalue weighted by Crippen LogP contribution is -2.35. The van der Waals surface area contributed by atoms with Crippen molar-refractivity contribution in [3.63, 3.8) is 0 Å². The fourth-order valence-corrected chi connectivity index (χ4v) is 4.67. The molecule has 4 rings (SSSR count). The molecule has 7 nitrogen and oxygen atoms in total. The first-order chi connectivity index (χ1) is 14.7. The van der Waals surface area contributed by atoms with Crippen LogP contribution in [0.4, 0.5) is 11.6 Å². The van der Waals surface area contributed by atoms with Gasteiger partial charge in [-0.2, -0.15) is 0 Å². The summed E-state index contributed by atoms with van der Waals surface area (Å²) in [6, 6.07) is 8.73. The molecule has 1 unspecified atom stereocenters. The number of fused-ring (bicyclic) bond motifs is 1. The second kappa shape index (κ2) is 9.34. The van der Waals surface area contributed by atoms with Crippen LogP contribution in [0.1, 0.15) is 60.4 Å². The number of hydrogen-bond donors (Lipinski definition) is 2. The quantitative estimate of drug-likeness (QED) is 0.317. The maximum absolute atomic E-state index is 11.4. The van der Waals surface area contributed by atoms with Crippen LogP contribution in [0, 0.1) is 5.92 Å². The van der Waals surface area contributed by atoms with E-state index in [2.05, 4.69) is 57.0 Å². The maximum Gasteiger partial charge on any atom is 0.277 e. The summed E-state index contributed by atoms with van der Waals surface area (Å²) in [6.07, 6.45) is 12.6. The normalized spacial score (nSPS) is 18.8. The van der Waals surface area contributed by atoms with E-state index in [1.54, 1.807) is 5.48 Å². The van der Waals surface area contributed by atoms with Gasteiger partial charge in [0.15, 0.2) is 6.21 Å². The van der Waals surface area contributed by atoms with Crippen molar-refractivity contribution in [3.8, 4) is 0 Å². The third-order valence-corrected chi connectivity index (χ3v) is 6.40. The highest BCUT2D eigenvalue weighted by Gasteiger charge is 2.27. The number of aromatic nitrogens is 2. The van der Waals surface area contributed by atoms with E-state index in [1.165, 1.54) is 49.3 Å². The van der Waals surface area contributed by atoms with Crippen LogP contribution in [0.25, 0.3) is 0 Å². The van der Waals surface area contributed by atoms with Gasteiger partial charge in [-0.05, 0) is 25.2 Å². The van der Waals surface area contributed by atoms with Crippen molar-refractivity contribution in [2.24, 2.45) is 5.92 Å². The Morgan fingerprint density at radius 2 is 1.87 bits per heavy atom. The van der Waals surface area contributed by atoms with Gasteiger partial charge in [0.25, 0.3) is 5.91 Å². The number of para-hydroxylation sites is 1. The Labute approximate surface area is 177 Å². The summed E-state index contributed by atoms with van der Waals surface area (Å²) >= 11 is 0. The smallest absolute Gasteiger partial charge is 0.277 e. The molecule has 0 saturated carbocycles. The molecular formula is C23H30N5O2+. The molecule has 1 saturated heterocycles. The Balaban J connectivity index is 1.18. The van der Waals surface area contributed by atoms with E-state index in [9.17, 15) is 4.79 Å². The number of unbranched alkanes of at least 4 members (excludes halogenated alkanes) is 1.